The summed E-state index contributed by atoms with van der Waals surface area (Å²) in [6.07, 6.45) is 1.05. The molecule has 0 saturated heterocycles. The molecule has 0 bridgehead atoms. The highest BCUT2D eigenvalue weighted by atomic mass is 16.5. The Kier molecular flexibility index (Phi) is 6.36. The van der Waals surface area contributed by atoms with E-state index in [9.17, 15) is 0 Å². The van der Waals surface area contributed by atoms with Gasteiger partial charge in [-0.3, -0.25) is 9.58 Å². The largest absolute Gasteiger partial charge is 0.383 e. The van der Waals surface area contributed by atoms with Crippen molar-refractivity contribution in [3.05, 3.63) is 17.5 Å². The summed E-state index contributed by atoms with van der Waals surface area (Å²) in [4.78, 5) is 2.37. The van der Waals surface area contributed by atoms with Gasteiger partial charge in [0.15, 0.2) is 0 Å². The molecule has 4 heteroatoms. The van der Waals surface area contributed by atoms with Gasteiger partial charge in [-0.25, -0.2) is 0 Å². The third kappa shape index (κ3) is 4.78. The summed E-state index contributed by atoms with van der Waals surface area (Å²) in [7, 11) is 3.78. The Hall–Kier alpha value is -0.870. The molecule has 1 rings (SSSR count). The Morgan fingerprint density at radius 3 is 2.72 bits per heavy atom. The molecular weight excluding hydrogens is 226 g/mol. The third-order valence-electron chi connectivity index (χ3n) is 3.09. The standard InChI is InChI=1S/C14H27N3O/c1-6-17(7-8-18-5)11-14-10-13(9-12(2)3)15-16(14)4/h10,12H,6-9,11H2,1-5H3. The van der Waals surface area contributed by atoms with Crippen LogP contribution >= 0.6 is 0 Å². The van der Waals surface area contributed by atoms with Crippen LogP contribution in [0.2, 0.25) is 0 Å². The van der Waals surface area contributed by atoms with Gasteiger partial charge < -0.3 is 4.74 Å². The summed E-state index contributed by atoms with van der Waals surface area (Å²) in [5.74, 6) is 0.656. The minimum atomic E-state index is 0.656. The van der Waals surface area contributed by atoms with Gasteiger partial charge in [0.2, 0.25) is 0 Å². The van der Waals surface area contributed by atoms with Crippen LogP contribution in [0.1, 0.15) is 32.2 Å². The van der Waals surface area contributed by atoms with Crippen molar-refractivity contribution < 1.29 is 4.74 Å². The fourth-order valence-corrected chi connectivity index (χ4v) is 2.04. The Morgan fingerprint density at radius 1 is 1.44 bits per heavy atom. The van der Waals surface area contributed by atoms with Crippen molar-refractivity contribution in [1.29, 1.82) is 0 Å². The molecule has 18 heavy (non-hydrogen) atoms. The van der Waals surface area contributed by atoms with E-state index < -0.39 is 0 Å². The summed E-state index contributed by atoms with van der Waals surface area (Å²) in [6.45, 7) is 10.4. The van der Waals surface area contributed by atoms with Crippen molar-refractivity contribution in [3.8, 4) is 0 Å². The molecule has 0 spiro atoms. The molecule has 4 nitrogen and oxygen atoms in total. The van der Waals surface area contributed by atoms with E-state index in [2.05, 4.69) is 36.8 Å². The molecule has 0 aliphatic rings. The van der Waals surface area contributed by atoms with Crippen LogP contribution in [0.5, 0.6) is 0 Å². The average Bonchev–Trinajstić information content (AvgIpc) is 2.63. The van der Waals surface area contributed by atoms with Crippen molar-refractivity contribution in [3.63, 3.8) is 0 Å². The molecule has 0 aliphatic carbocycles. The lowest BCUT2D eigenvalue weighted by Crippen LogP contribution is -2.27. The summed E-state index contributed by atoms with van der Waals surface area (Å²) < 4.78 is 7.14. The number of aromatic nitrogens is 2. The molecule has 0 amide bonds. The van der Waals surface area contributed by atoms with Crippen molar-refractivity contribution in [2.45, 2.75) is 33.7 Å². The molecule has 0 radical (unpaired) electrons. The van der Waals surface area contributed by atoms with E-state index in [0.29, 0.717) is 5.92 Å². The van der Waals surface area contributed by atoms with Crippen LogP contribution in [0.3, 0.4) is 0 Å². The van der Waals surface area contributed by atoms with Crippen LogP contribution in [0.4, 0.5) is 0 Å². The van der Waals surface area contributed by atoms with Gasteiger partial charge in [0.25, 0.3) is 0 Å². The fraction of sp³-hybridized carbons (Fsp3) is 0.786. The van der Waals surface area contributed by atoms with E-state index in [1.807, 2.05) is 11.7 Å². The Morgan fingerprint density at radius 2 is 2.17 bits per heavy atom. The van der Waals surface area contributed by atoms with Crippen LogP contribution in [-0.2, 0) is 24.8 Å². The Bertz CT molecular complexity index is 347. The molecule has 1 aromatic rings. The first-order valence-electron chi connectivity index (χ1n) is 6.79. The highest BCUT2D eigenvalue weighted by Gasteiger charge is 2.10. The number of nitrogens with zero attached hydrogens (tertiary/aromatic N) is 3. The molecule has 1 heterocycles. The third-order valence-corrected chi connectivity index (χ3v) is 3.09. The van der Waals surface area contributed by atoms with Crippen LogP contribution in [0.25, 0.3) is 0 Å². The highest BCUT2D eigenvalue weighted by molar-refractivity contribution is 5.10. The maximum atomic E-state index is 5.14. The molecule has 0 atom stereocenters. The summed E-state index contributed by atoms with van der Waals surface area (Å²) in [5, 5.41) is 4.58. The zero-order valence-corrected chi connectivity index (χ0v) is 12.4. The van der Waals surface area contributed by atoms with Gasteiger partial charge in [-0.2, -0.15) is 5.10 Å². The van der Waals surface area contributed by atoms with Crippen molar-refractivity contribution in [1.82, 2.24) is 14.7 Å². The second-order valence-corrected chi connectivity index (χ2v) is 5.21. The Labute approximate surface area is 111 Å². The van der Waals surface area contributed by atoms with Crippen LogP contribution in [-0.4, -0.2) is 41.5 Å². The van der Waals surface area contributed by atoms with Gasteiger partial charge in [0, 0.05) is 27.2 Å². The van der Waals surface area contributed by atoms with E-state index in [1.54, 1.807) is 7.11 Å². The second-order valence-electron chi connectivity index (χ2n) is 5.21. The van der Waals surface area contributed by atoms with E-state index in [-0.39, 0.29) is 0 Å². The second kappa shape index (κ2) is 7.54. The summed E-state index contributed by atoms with van der Waals surface area (Å²) >= 11 is 0. The van der Waals surface area contributed by atoms with Crippen molar-refractivity contribution in [2.24, 2.45) is 13.0 Å². The number of hydrogen-bond acceptors (Lipinski definition) is 3. The van der Waals surface area contributed by atoms with E-state index in [4.69, 9.17) is 4.74 Å². The van der Waals surface area contributed by atoms with Gasteiger partial charge in [-0.15, -0.1) is 0 Å². The Balaban J connectivity index is 2.62. The molecule has 0 unspecified atom stereocenters. The molecule has 104 valence electrons. The van der Waals surface area contributed by atoms with E-state index in [1.165, 1.54) is 11.4 Å². The maximum Gasteiger partial charge on any atom is 0.0630 e. The lowest BCUT2D eigenvalue weighted by molar-refractivity contribution is 0.146. The average molecular weight is 253 g/mol. The first-order valence-corrected chi connectivity index (χ1v) is 6.79. The minimum absolute atomic E-state index is 0.656. The van der Waals surface area contributed by atoms with Gasteiger partial charge in [0.05, 0.1) is 18.0 Å². The summed E-state index contributed by atoms with van der Waals surface area (Å²) in [5.41, 5.74) is 2.48. The van der Waals surface area contributed by atoms with Gasteiger partial charge in [0.1, 0.15) is 0 Å². The number of aryl methyl sites for hydroxylation is 1. The topological polar surface area (TPSA) is 30.3 Å². The molecule has 0 N–H and O–H groups in total. The smallest absolute Gasteiger partial charge is 0.0630 e. The zero-order chi connectivity index (χ0) is 13.5. The lowest BCUT2D eigenvalue weighted by Gasteiger charge is -2.19. The summed E-state index contributed by atoms with van der Waals surface area (Å²) in [6, 6.07) is 2.23. The predicted octanol–water partition coefficient (Wildman–Crippen LogP) is 2.09. The number of likely N-dealkylation sites (N-methyl/N-ethyl adjacent to an activating group) is 1. The minimum Gasteiger partial charge on any atom is -0.383 e. The van der Waals surface area contributed by atoms with Gasteiger partial charge in [-0.1, -0.05) is 20.8 Å². The molecule has 0 aromatic carbocycles. The van der Waals surface area contributed by atoms with Gasteiger partial charge in [-0.05, 0) is 24.9 Å². The molecule has 0 saturated carbocycles. The van der Waals surface area contributed by atoms with Crippen molar-refractivity contribution in [2.75, 3.05) is 26.8 Å². The first kappa shape index (κ1) is 15.2. The molecule has 1 aromatic heterocycles. The van der Waals surface area contributed by atoms with E-state index in [0.717, 1.165) is 32.7 Å². The number of ether oxygens (including phenoxy) is 1. The fourth-order valence-electron chi connectivity index (χ4n) is 2.04. The normalized spacial score (nSPS) is 11.7. The van der Waals surface area contributed by atoms with E-state index >= 15 is 0 Å². The molecule has 0 aliphatic heterocycles. The quantitative estimate of drug-likeness (QED) is 0.710. The van der Waals surface area contributed by atoms with Gasteiger partial charge >= 0.3 is 0 Å². The predicted molar refractivity (Wildman–Crippen MR) is 74.6 cm³/mol. The number of hydrogen-bond donors (Lipinski definition) is 0. The zero-order valence-electron chi connectivity index (χ0n) is 12.4. The molecule has 0 fully saturated rings. The number of methoxy groups -OCH3 is 1. The lowest BCUT2D eigenvalue weighted by atomic mass is 10.1. The van der Waals surface area contributed by atoms with Crippen LogP contribution < -0.4 is 0 Å². The van der Waals surface area contributed by atoms with Crippen LogP contribution in [0.15, 0.2) is 6.07 Å². The SMILES string of the molecule is CCN(CCOC)Cc1cc(CC(C)C)nn1C. The highest BCUT2D eigenvalue weighted by Crippen LogP contribution is 2.10. The van der Waals surface area contributed by atoms with Crippen molar-refractivity contribution >= 4 is 0 Å². The molecular formula is C14H27N3O. The van der Waals surface area contributed by atoms with Crippen LogP contribution in [0, 0.1) is 5.92 Å². The first-order chi connectivity index (χ1) is 8.56. The monoisotopic (exact) mass is 253 g/mol. The maximum absolute atomic E-state index is 5.14. The number of rotatable bonds is 8.